The second-order valence-electron chi connectivity index (χ2n) is 5.69. The molecule has 0 saturated heterocycles. The van der Waals surface area contributed by atoms with Crippen molar-refractivity contribution in [1.82, 2.24) is 24.6 Å². The summed E-state index contributed by atoms with van der Waals surface area (Å²) in [4.78, 5) is 21.9. The number of nitrogens with zero attached hydrogens (tertiary/aromatic N) is 4. The largest absolute Gasteiger partial charge is 0.340 e. The number of aryl methyl sites for hydroxylation is 2. The monoisotopic (exact) mass is 309 g/mol. The van der Waals surface area contributed by atoms with Crippen molar-refractivity contribution >= 4 is 23.1 Å². The predicted molar refractivity (Wildman–Crippen MR) is 90.0 cm³/mol. The molecule has 0 radical (unpaired) electrons. The van der Waals surface area contributed by atoms with Gasteiger partial charge in [0.1, 0.15) is 5.82 Å². The molecule has 0 aliphatic rings. The minimum absolute atomic E-state index is 0.106. The van der Waals surface area contributed by atoms with Gasteiger partial charge in [-0.2, -0.15) is 5.10 Å². The summed E-state index contributed by atoms with van der Waals surface area (Å²) in [5.41, 5.74) is 4.85. The van der Waals surface area contributed by atoms with Gasteiger partial charge in [0, 0.05) is 19.4 Å². The molecule has 0 spiro atoms. The van der Waals surface area contributed by atoms with Gasteiger partial charge in [-0.1, -0.05) is 6.58 Å². The first-order chi connectivity index (χ1) is 11.0. The Labute approximate surface area is 134 Å². The van der Waals surface area contributed by atoms with Gasteiger partial charge < -0.3 is 9.88 Å². The van der Waals surface area contributed by atoms with Gasteiger partial charge in [0.2, 0.25) is 0 Å². The number of amides is 1. The van der Waals surface area contributed by atoms with Gasteiger partial charge in [-0.25, -0.2) is 9.67 Å². The number of benzene rings is 1. The van der Waals surface area contributed by atoms with Crippen LogP contribution in [0.15, 0.2) is 31.1 Å². The van der Waals surface area contributed by atoms with Gasteiger partial charge in [-0.3, -0.25) is 4.79 Å². The van der Waals surface area contributed by atoms with Crippen molar-refractivity contribution in [2.45, 2.75) is 20.4 Å². The predicted octanol–water partition coefficient (Wildman–Crippen LogP) is 2.75. The van der Waals surface area contributed by atoms with E-state index in [2.05, 4.69) is 47.6 Å². The smallest absolute Gasteiger partial charge is 0.257 e. The minimum atomic E-state index is -0.106. The van der Waals surface area contributed by atoms with Crippen LogP contribution in [0.2, 0.25) is 0 Å². The first-order valence-electron chi connectivity index (χ1n) is 7.36. The summed E-state index contributed by atoms with van der Waals surface area (Å²) >= 11 is 0. The van der Waals surface area contributed by atoms with E-state index in [0.29, 0.717) is 12.1 Å². The van der Waals surface area contributed by atoms with Gasteiger partial charge in [0.25, 0.3) is 5.91 Å². The Hall–Kier alpha value is -2.89. The standard InChI is InChI=1S/C17H19N5O/c1-5-22-9-13(8-18-22)17(23)21(4)10-16-19-14-6-11(2)12(3)7-15(14)20-16/h5-9H,1,10H2,2-4H3,(H,19,20). The van der Waals surface area contributed by atoms with Gasteiger partial charge in [0.05, 0.1) is 29.3 Å². The third-order valence-corrected chi connectivity index (χ3v) is 3.92. The zero-order valence-corrected chi connectivity index (χ0v) is 13.5. The van der Waals surface area contributed by atoms with E-state index in [0.717, 1.165) is 16.9 Å². The molecular formula is C17H19N5O. The highest BCUT2D eigenvalue weighted by molar-refractivity contribution is 5.93. The second kappa shape index (κ2) is 5.72. The Kier molecular flexibility index (Phi) is 3.73. The van der Waals surface area contributed by atoms with E-state index >= 15 is 0 Å². The fourth-order valence-corrected chi connectivity index (χ4v) is 2.46. The molecule has 1 N–H and O–H groups in total. The number of nitrogens with one attached hydrogen (secondary N) is 1. The quantitative estimate of drug-likeness (QED) is 0.806. The molecule has 0 saturated carbocycles. The molecule has 2 aromatic heterocycles. The van der Waals surface area contributed by atoms with Crippen LogP contribution < -0.4 is 0 Å². The molecular weight excluding hydrogens is 290 g/mol. The summed E-state index contributed by atoms with van der Waals surface area (Å²) in [6, 6.07) is 4.14. The van der Waals surface area contributed by atoms with Crippen molar-refractivity contribution in [2.24, 2.45) is 0 Å². The normalized spacial score (nSPS) is 10.9. The maximum atomic E-state index is 12.4. The molecule has 0 atom stereocenters. The molecule has 23 heavy (non-hydrogen) atoms. The fraction of sp³-hybridized carbons (Fsp3) is 0.235. The molecule has 3 aromatic rings. The van der Waals surface area contributed by atoms with Crippen LogP contribution >= 0.6 is 0 Å². The summed E-state index contributed by atoms with van der Waals surface area (Å²) in [5, 5.41) is 4.03. The van der Waals surface area contributed by atoms with Gasteiger partial charge in [-0.15, -0.1) is 0 Å². The van der Waals surface area contributed by atoms with Gasteiger partial charge in [0.15, 0.2) is 0 Å². The Morgan fingerprint density at radius 1 is 1.39 bits per heavy atom. The Morgan fingerprint density at radius 3 is 2.83 bits per heavy atom. The van der Waals surface area contributed by atoms with Gasteiger partial charge >= 0.3 is 0 Å². The molecule has 6 nitrogen and oxygen atoms in total. The van der Waals surface area contributed by atoms with Crippen LogP contribution in [-0.4, -0.2) is 37.6 Å². The third kappa shape index (κ3) is 2.88. The van der Waals surface area contributed by atoms with Crippen LogP contribution in [0.4, 0.5) is 0 Å². The first-order valence-corrected chi connectivity index (χ1v) is 7.36. The summed E-state index contributed by atoms with van der Waals surface area (Å²) < 4.78 is 1.51. The molecule has 0 fully saturated rings. The molecule has 6 heteroatoms. The number of carbonyl (C=O) groups is 1. The Balaban J connectivity index is 1.80. The lowest BCUT2D eigenvalue weighted by Crippen LogP contribution is -2.26. The highest BCUT2D eigenvalue weighted by Crippen LogP contribution is 2.18. The first kappa shape index (κ1) is 15.0. The number of fused-ring (bicyclic) bond motifs is 1. The second-order valence-corrected chi connectivity index (χ2v) is 5.69. The summed E-state index contributed by atoms with van der Waals surface area (Å²) in [6.45, 7) is 8.16. The summed E-state index contributed by atoms with van der Waals surface area (Å²) in [7, 11) is 1.75. The molecule has 0 aliphatic carbocycles. The van der Waals surface area contributed by atoms with E-state index in [9.17, 15) is 4.79 Å². The van der Waals surface area contributed by atoms with Crippen molar-refractivity contribution in [2.75, 3.05) is 7.05 Å². The summed E-state index contributed by atoms with van der Waals surface area (Å²) in [6.07, 6.45) is 4.73. The Morgan fingerprint density at radius 2 is 2.13 bits per heavy atom. The number of carbonyl (C=O) groups excluding carboxylic acids is 1. The van der Waals surface area contributed by atoms with Crippen molar-refractivity contribution in [1.29, 1.82) is 0 Å². The third-order valence-electron chi connectivity index (χ3n) is 3.92. The van der Waals surface area contributed by atoms with Crippen LogP contribution in [0.1, 0.15) is 27.3 Å². The fourth-order valence-electron chi connectivity index (χ4n) is 2.46. The number of H-pyrrole nitrogens is 1. The molecule has 0 aliphatic heterocycles. The van der Waals surface area contributed by atoms with E-state index in [1.807, 2.05) is 0 Å². The zero-order chi connectivity index (χ0) is 16.6. The maximum absolute atomic E-state index is 12.4. The number of aromatic nitrogens is 4. The van der Waals surface area contributed by atoms with Crippen LogP contribution in [0.3, 0.4) is 0 Å². The van der Waals surface area contributed by atoms with E-state index < -0.39 is 0 Å². The van der Waals surface area contributed by atoms with Crippen molar-refractivity contribution < 1.29 is 4.79 Å². The SMILES string of the molecule is C=Cn1cc(C(=O)N(C)Cc2nc3cc(C)c(C)cc3[nH]2)cn1. The highest BCUT2D eigenvalue weighted by atomic mass is 16.2. The van der Waals surface area contributed by atoms with Crippen LogP contribution in [0, 0.1) is 13.8 Å². The number of imidazole rings is 1. The van der Waals surface area contributed by atoms with E-state index in [-0.39, 0.29) is 5.91 Å². The lowest BCUT2D eigenvalue weighted by atomic mass is 10.1. The molecule has 1 amide bonds. The maximum Gasteiger partial charge on any atom is 0.257 e. The van der Waals surface area contributed by atoms with E-state index in [4.69, 9.17) is 0 Å². The number of hydrogen-bond donors (Lipinski definition) is 1. The molecule has 0 bridgehead atoms. The van der Waals surface area contributed by atoms with Crippen LogP contribution in [0.5, 0.6) is 0 Å². The van der Waals surface area contributed by atoms with Crippen LogP contribution in [0.25, 0.3) is 17.2 Å². The molecule has 3 rings (SSSR count). The van der Waals surface area contributed by atoms with E-state index in [1.165, 1.54) is 22.0 Å². The van der Waals surface area contributed by atoms with Crippen molar-refractivity contribution in [3.8, 4) is 0 Å². The minimum Gasteiger partial charge on any atom is -0.340 e. The molecule has 0 unspecified atom stereocenters. The average molecular weight is 309 g/mol. The zero-order valence-electron chi connectivity index (χ0n) is 13.5. The van der Waals surface area contributed by atoms with Crippen molar-refractivity contribution in [3.05, 3.63) is 53.6 Å². The Bertz CT molecular complexity index is 851. The topological polar surface area (TPSA) is 66.8 Å². The number of aromatic amines is 1. The lowest BCUT2D eigenvalue weighted by molar-refractivity contribution is 0.0782. The van der Waals surface area contributed by atoms with Crippen molar-refractivity contribution in [3.63, 3.8) is 0 Å². The molecule has 1 aromatic carbocycles. The molecule has 118 valence electrons. The van der Waals surface area contributed by atoms with E-state index in [1.54, 1.807) is 24.3 Å². The highest BCUT2D eigenvalue weighted by Gasteiger charge is 2.15. The summed E-state index contributed by atoms with van der Waals surface area (Å²) in [5.74, 6) is 0.655. The number of rotatable bonds is 4. The molecule has 2 heterocycles. The lowest BCUT2D eigenvalue weighted by Gasteiger charge is -2.14. The van der Waals surface area contributed by atoms with Crippen LogP contribution in [-0.2, 0) is 6.54 Å². The number of hydrogen-bond acceptors (Lipinski definition) is 3. The average Bonchev–Trinajstić information content (AvgIpc) is 3.13. The van der Waals surface area contributed by atoms with Gasteiger partial charge in [-0.05, 0) is 37.1 Å².